The van der Waals surface area contributed by atoms with Gasteiger partial charge in [0.1, 0.15) is 5.82 Å². The van der Waals surface area contributed by atoms with Gasteiger partial charge in [0.2, 0.25) is 5.91 Å². The summed E-state index contributed by atoms with van der Waals surface area (Å²) in [6, 6.07) is 13.7. The van der Waals surface area contributed by atoms with Crippen LogP contribution in [0.15, 0.2) is 48.5 Å². The number of carbonyl (C=O) groups excluding carboxylic acids is 1. The number of rotatable bonds is 5. The molecule has 2 aromatic carbocycles. The standard InChI is InChI=1S/C26H28FN5O3/c27-24-20(7-2-8-22(24)33)25-30-21(15-23(31-25)32-10-12-35-13-11-32)17-4-1-6-19(14-17)29-26(34)18-5-3-9-28-16-18/h1-2,4,6-8,14-15,18,28,33H,3,5,9-13,16H2,(H,29,34). The molecule has 1 atom stereocenters. The van der Waals surface area contributed by atoms with Crippen LogP contribution in [0.25, 0.3) is 22.6 Å². The third kappa shape index (κ3) is 5.26. The number of nitrogens with zero attached hydrogens (tertiary/aromatic N) is 3. The van der Waals surface area contributed by atoms with Crippen molar-refractivity contribution in [2.24, 2.45) is 5.92 Å². The molecule has 2 saturated heterocycles. The maximum atomic E-state index is 14.8. The molecule has 3 heterocycles. The molecule has 5 rings (SSSR count). The molecule has 8 nitrogen and oxygen atoms in total. The summed E-state index contributed by atoms with van der Waals surface area (Å²) in [7, 11) is 0. The molecule has 2 fully saturated rings. The molecule has 1 aromatic heterocycles. The molecule has 2 aliphatic rings. The summed E-state index contributed by atoms with van der Waals surface area (Å²) in [6.07, 6.45) is 1.85. The predicted molar refractivity (Wildman–Crippen MR) is 132 cm³/mol. The average Bonchev–Trinajstić information content (AvgIpc) is 2.91. The largest absolute Gasteiger partial charge is 0.505 e. The molecule has 9 heteroatoms. The van der Waals surface area contributed by atoms with Gasteiger partial charge in [0.25, 0.3) is 0 Å². The normalized spacial score (nSPS) is 18.3. The molecule has 0 radical (unpaired) electrons. The second-order valence-electron chi connectivity index (χ2n) is 8.79. The average molecular weight is 478 g/mol. The van der Waals surface area contributed by atoms with Crippen LogP contribution < -0.4 is 15.5 Å². The predicted octanol–water partition coefficient (Wildman–Crippen LogP) is 3.43. The third-order valence-corrected chi connectivity index (χ3v) is 6.36. The summed E-state index contributed by atoms with van der Waals surface area (Å²) in [4.78, 5) is 24.1. The van der Waals surface area contributed by atoms with E-state index in [9.17, 15) is 14.3 Å². The summed E-state index contributed by atoms with van der Waals surface area (Å²) in [5.41, 5.74) is 2.16. The van der Waals surface area contributed by atoms with Gasteiger partial charge in [-0.3, -0.25) is 4.79 Å². The highest BCUT2D eigenvalue weighted by Gasteiger charge is 2.22. The number of amides is 1. The number of hydrogen-bond acceptors (Lipinski definition) is 7. The van der Waals surface area contributed by atoms with Crippen LogP contribution in [-0.4, -0.2) is 60.4 Å². The summed E-state index contributed by atoms with van der Waals surface area (Å²) in [5.74, 6) is -0.446. The first-order chi connectivity index (χ1) is 17.1. The number of hydrogen-bond donors (Lipinski definition) is 3. The summed E-state index contributed by atoms with van der Waals surface area (Å²) in [6.45, 7) is 4.09. The zero-order chi connectivity index (χ0) is 24.2. The third-order valence-electron chi connectivity index (χ3n) is 6.36. The maximum Gasteiger partial charge on any atom is 0.228 e. The van der Waals surface area contributed by atoms with E-state index in [-0.39, 0.29) is 23.2 Å². The number of phenols is 1. The van der Waals surface area contributed by atoms with Crippen LogP contribution >= 0.6 is 0 Å². The Bertz CT molecular complexity index is 1210. The van der Waals surface area contributed by atoms with E-state index in [0.717, 1.165) is 24.9 Å². The van der Waals surface area contributed by atoms with Crippen molar-refractivity contribution >= 4 is 17.4 Å². The van der Waals surface area contributed by atoms with Crippen LogP contribution in [-0.2, 0) is 9.53 Å². The van der Waals surface area contributed by atoms with Crippen molar-refractivity contribution in [1.82, 2.24) is 15.3 Å². The van der Waals surface area contributed by atoms with E-state index in [4.69, 9.17) is 4.74 Å². The van der Waals surface area contributed by atoms with Crippen molar-refractivity contribution in [3.63, 3.8) is 0 Å². The molecule has 182 valence electrons. The molecule has 3 aromatic rings. The highest BCUT2D eigenvalue weighted by Crippen LogP contribution is 2.31. The number of halogens is 1. The summed E-state index contributed by atoms with van der Waals surface area (Å²) < 4.78 is 20.2. The SMILES string of the molecule is O=C(Nc1cccc(-c2cc(N3CCOCC3)nc(-c3cccc(O)c3F)n2)c1)C1CCCNC1. The summed E-state index contributed by atoms with van der Waals surface area (Å²) in [5, 5.41) is 16.2. The molecule has 0 aliphatic carbocycles. The minimum atomic E-state index is -0.764. The lowest BCUT2D eigenvalue weighted by Gasteiger charge is -2.28. The van der Waals surface area contributed by atoms with Crippen LogP contribution in [0.4, 0.5) is 15.9 Å². The fourth-order valence-electron chi connectivity index (χ4n) is 4.43. The van der Waals surface area contributed by atoms with Gasteiger partial charge in [-0.2, -0.15) is 0 Å². The lowest BCUT2D eigenvalue weighted by Crippen LogP contribution is -2.37. The van der Waals surface area contributed by atoms with Gasteiger partial charge in [0.05, 0.1) is 30.4 Å². The number of morpholine rings is 1. The van der Waals surface area contributed by atoms with Crippen LogP contribution in [0.2, 0.25) is 0 Å². The van der Waals surface area contributed by atoms with Gasteiger partial charge in [-0.05, 0) is 43.7 Å². The van der Waals surface area contributed by atoms with Crippen LogP contribution in [0, 0.1) is 11.7 Å². The monoisotopic (exact) mass is 477 g/mol. The number of carbonyl (C=O) groups is 1. The molecular weight excluding hydrogens is 449 g/mol. The number of piperidine rings is 1. The van der Waals surface area contributed by atoms with Gasteiger partial charge in [-0.1, -0.05) is 18.2 Å². The van der Waals surface area contributed by atoms with Crippen LogP contribution in [0.1, 0.15) is 12.8 Å². The zero-order valence-electron chi connectivity index (χ0n) is 19.3. The molecule has 3 N–H and O–H groups in total. The second-order valence-corrected chi connectivity index (χ2v) is 8.79. The van der Waals surface area contributed by atoms with Gasteiger partial charge in [0, 0.05) is 37.0 Å². The van der Waals surface area contributed by atoms with Crippen molar-refractivity contribution in [2.45, 2.75) is 12.8 Å². The number of aromatic nitrogens is 2. The minimum Gasteiger partial charge on any atom is -0.505 e. The highest BCUT2D eigenvalue weighted by molar-refractivity contribution is 5.93. The van der Waals surface area contributed by atoms with E-state index in [1.165, 1.54) is 6.07 Å². The number of anilines is 2. The Balaban J connectivity index is 1.50. The summed E-state index contributed by atoms with van der Waals surface area (Å²) >= 11 is 0. The molecule has 0 spiro atoms. The number of benzene rings is 2. The Labute approximate surface area is 203 Å². The molecule has 0 saturated carbocycles. The van der Waals surface area contributed by atoms with Crippen LogP contribution in [0.3, 0.4) is 0 Å². The molecule has 1 unspecified atom stereocenters. The number of aromatic hydroxyl groups is 1. The number of ether oxygens (including phenoxy) is 1. The van der Waals surface area contributed by atoms with Gasteiger partial charge < -0.3 is 25.4 Å². The van der Waals surface area contributed by atoms with Crippen molar-refractivity contribution in [2.75, 3.05) is 49.6 Å². The number of phenolic OH excluding ortho intramolecular Hbond substituents is 1. The van der Waals surface area contributed by atoms with Gasteiger partial charge in [-0.25, -0.2) is 14.4 Å². The Kier molecular flexibility index (Phi) is 6.87. The topological polar surface area (TPSA) is 99.6 Å². The lowest BCUT2D eigenvalue weighted by atomic mass is 9.98. The number of nitrogens with one attached hydrogen (secondary N) is 2. The van der Waals surface area contributed by atoms with Crippen molar-refractivity contribution < 1.29 is 19.0 Å². The Morgan fingerprint density at radius 3 is 2.77 bits per heavy atom. The first-order valence-electron chi connectivity index (χ1n) is 11.9. The fraction of sp³-hybridized carbons (Fsp3) is 0.346. The quantitative estimate of drug-likeness (QED) is 0.518. The van der Waals surface area contributed by atoms with Crippen molar-refractivity contribution in [1.29, 1.82) is 0 Å². The first kappa shape index (κ1) is 23.2. The molecule has 1 amide bonds. The van der Waals surface area contributed by atoms with E-state index >= 15 is 0 Å². The van der Waals surface area contributed by atoms with E-state index in [0.29, 0.717) is 50.0 Å². The van der Waals surface area contributed by atoms with E-state index in [2.05, 4.69) is 25.5 Å². The van der Waals surface area contributed by atoms with Crippen LogP contribution in [0.5, 0.6) is 5.75 Å². The second kappa shape index (κ2) is 10.4. The van der Waals surface area contributed by atoms with E-state index in [1.54, 1.807) is 12.1 Å². The lowest BCUT2D eigenvalue weighted by molar-refractivity contribution is -0.120. The first-order valence-corrected chi connectivity index (χ1v) is 11.9. The minimum absolute atomic E-state index is 0.00596. The van der Waals surface area contributed by atoms with E-state index < -0.39 is 11.6 Å². The van der Waals surface area contributed by atoms with Gasteiger partial charge in [0.15, 0.2) is 17.4 Å². The van der Waals surface area contributed by atoms with Crippen molar-refractivity contribution in [3.8, 4) is 28.4 Å². The highest BCUT2D eigenvalue weighted by atomic mass is 19.1. The van der Waals surface area contributed by atoms with Gasteiger partial charge in [-0.15, -0.1) is 0 Å². The molecule has 35 heavy (non-hydrogen) atoms. The Morgan fingerprint density at radius 2 is 1.97 bits per heavy atom. The van der Waals surface area contributed by atoms with Gasteiger partial charge >= 0.3 is 0 Å². The Hall–Kier alpha value is -3.56. The molecular formula is C26H28FN5O3. The Morgan fingerprint density at radius 1 is 1.14 bits per heavy atom. The molecule has 0 bridgehead atoms. The van der Waals surface area contributed by atoms with E-state index in [1.807, 2.05) is 30.3 Å². The fourth-order valence-corrected chi connectivity index (χ4v) is 4.43. The maximum absolute atomic E-state index is 14.8. The van der Waals surface area contributed by atoms with Crippen molar-refractivity contribution in [3.05, 3.63) is 54.3 Å². The molecule has 2 aliphatic heterocycles. The zero-order valence-corrected chi connectivity index (χ0v) is 19.3. The smallest absolute Gasteiger partial charge is 0.228 e.